The molecule has 3 aromatic carbocycles. The van der Waals surface area contributed by atoms with Gasteiger partial charge in [-0.05, 0) is 72.8 Å². The summed E-state index contributed by atoms with van der Waals surface area (Å²) in [6.45, 7) is 0. The van der Waals surface area contributed by atoms with Gasteiger partial charge in [-0.1, -0.05) is 31.9 Å². The predicted molar refractivity (Wildman–Crippen MR) is 145 cm³/mol. The summed E-state index contributed by atoms with van der Waals surface area (Å²) in [5, 5.41) is 16.8. The monoisotopic (exact) mass is 694 g/mol. The fourth-order valence-electron chi connectivity index (χ4n) is 1.90. The van der Waals surface area contributed by atoms with Crippen molar-refractivity contribution < 1.29 is 36.8 Å². The fraction of sp³-hybridized carbons (Fsp3) is 0. The zero-order valence-corrected chi connectivity index (χ0v) is 24.1. The van der Waals surface area contributed by atoms with E-state index in [1.807, 2.05) is 24.3 Å². The van der Waals surface area contributed by atoms with Gasteiger partial charge in [0.2, 0.25) is 0 Å². The molecule has 12 N–H and O–H groups in total. The SMILES string of the molecule is Brc1ccc(Br)cc1.NC(N)=[NH2+].NC(N)=[NH2+].O=S(=O)([O-])c1ccc(N=Nc2ccc(S(=O)(=O)[O-])cc2)cc1. The summed E-state index contributed by atoms with van der Waals surface area (Å²) in [6.07, 6.45) is 0. The molecule has 0 heterocycles. The molecule has 38 heavy (non-hydrogen) atoms. The zero-order valence-electron chi connectivity index (χ0n) is 19.3. The highest BCUT2D eigenvalue weighted by Crippen LogP contribution is 2.21. The Bertz CT molecular complexity index is 1320. The second kappa shape index (κ2) is 16.4. The minimum absolute atomic E-state index is 0.0833. The third kappa shape index (κ3) is 17.1. The molecule has 0 aliphatic carbocycles. The van der Waals surface area contributed by atoms with Crippen molar-refractivity contribution in [3.05, 3.63) is 81.7 Å². The number of rotatable bonds is 4. The number of hydrogen-bond acceptors (Lipinski definition) is 8. The molecular formula is C20H24Br2N8O6S2. The van der Waals surface area contributed by atoms with Crippen LogP contribution in [0.15, 0.2) is 102 Å². The van der Waals surface area contributed by atoms with Crippen molar-refractivity contribution >= 4 is 75.4 Å². The highest BCUT2D eigenvalue weighted by molar-refractivity contribution is 9.11. The number of benzene rings is 3. The number of azo groups is 1. The standard InChI is InChI=1S/C12H10N2O6S2.C6H4Br2.2CH5N3/c15-21(16,17)11-5-1-9(2-6-11)13-14-10-3-7-12(8-4-10)22(18,19)20;7-5-1-2-6(8)4-3-5;2*2-1(3)4/h1-8H,(H,15,16,17)(H,18,19,20);1-4H;2*(H5,2,3,4). The Morgan fingerprint density at radius 3 is 0.974 bits per heavy atom. The summed E-state index contributed by atoms with van der Waals surface area (Å²) in [4.78, 5) is -0.757. The van der Waals surface area contributed by atoms with Crippen molar-refractivity contribution in [1.82, 2.24) is 0 Å². The molecule has 0 saturated heterocycles. The van der Waals surface area contributed by atoms with E-state index in [2.05, 4.69) is 75.8 Å². The molecule has 0 aliphatic heterocycles. The topological polar surface area (TPSA) is 294 Å². The molecule has 3 aromatic rings. The van der Waals surface area contributed by atoms with E-state index < -0.39 is 20.2 Å². The molecule has 0 fully saturated rings. The molecule has 0 aromatic heterocycles. The molecule has 206 valence electrons. The van der Waals surface area contributed by atoms with Crippen LogP contribution in [0.25, 0.3) is 0 Å². The van der Waals surface area contributed by atoms with Crippen LogP contribution in [0.5, 0.6) is 0 Å². The van der Waals surface area contributed by atoms with E-state index in [4.69, 9.17) is 0 Å². The molecule has 0 saturated carbocycles. The van der Waals surface area contributed by atoms with Crippen molar-refractivity contribution in [3.8, 4) is 0 Å². The first kappa shape index (κ1) is 34.6. The number of nitrogens with zero attached hydrogens (tertiary/aromatic N) is 2. The molecule has 3 rings (SSSR count). The van der Waals surface area contributed by atoms with Crippen molar-refractivity contribution in [2.75, 3.05) is 0 Å². The number of halogens is 2. The third-order valence-electron chi connectivity index (χ3n) is 3.34. The molecule has 0 radical (unpaired) electrons. The van der Waals surface area contributed by atoms with Crippen LogP contribution >= 0.6 is 31.9 Å². The lowest BCUT2D eigenvalue weighted by atomic mass is 10.3. The van der Waals surface area contributed by atoms with Gasteiger partial charge >= 0.3 is 11.9 Å². The summed E-state index contributed by atoms with van der Waals surface area (Å²) < 4.78 is 66.7. The van der Waals surface area contributed by atoms with Gasteiger partial charge in [-0.25, -0.2) is 16.8 Å². The van der Waals surface area contributed by atoms with Gasteiger partial charge in [0.1, 0.15) is 20.2 Å². The van der Waals surface area contributed by atoms with Crippen LogP contribution in [-0.2, 0) is 20.2 Å². The molecule has 0 amide bonds. The second-order valence-electron chi connectivity index (χ2n) is 6.53. The second-order valence-corrected chi connectivity index (χ2v) is 11.1. The minimum Gasteiger partial charge on any atom is -0.744 e. The van der Waals surface area contributed by atoms with Crippen LogP contribution in [0.4, 0.5) is 11.4 Å². The molecule has 18 heteroatoms. The van der Waals surface area contributed by atoms with Gasteiger partial charge in [0.15, 0.2) is 0 Å². The first-order chi connectivity index (χ1) is 17.4. The molecule has 0 aliphatic rings. The van der Waals surface area contributed by atoms with E-state index in [-0.39, 0.29) is 21.7 Å². The quantitative estimate of drug-likeness (QED) is 0.0851. The zero-order chi connectivity index (χ0) is 29.5. The summed E-state index contributed by atoms with van der Waals surface area (Å²) >= 11 is 6.65. The summed E-state index contributed by atoms with van der Waals surface area (Å²) in [6, 6.07) is 17.6. The third-order valence-corrected chi connectivity index (χ3v) is 6.09. The van der Waals surface area contributed by atoms with Crippen LogP contribution in [0.2, 0.25) is 0 Å². The maximum Gasteiger partial charge on any atom is 0.336 e. The van der Waals surface area contributed by atoms with Crippen LogP contribution in [-0.4, -0.2) is 37.9 Å². The summed E-state index contributed by atoms with van der Waals surface area (Å²) in [5.74, 6) is -0.167. The molecule has 0 bridgehead atoms. The normalized spacial score (nSPS) is 10.5. The number of guanidine groups is 2. The molecule has 14 nitrogen and oxygen atoms in total. The van der Waals surface area contributed by atoms with Crippen LogP contribution < -0.4 is 33.8 Å². The Labute approximate surface area is 235 Å². The maximum absolute atomic E-state index is 10.8. The molecular weight excluding hydrogens is 672 g/mol. The first-order valence-electron chi connectivity index (χ1n) is 9.63. The molecule has 0 spiro atoms. The van der Waals surface area contributed by atoms with Gasteiger partial charge in [-0.2, -0.15) is 10.2 Å². The molecule has 0 unspecified atom stereocenters. The lowest BCUT2D eigenvalue weighted by Gasteiger charge is -2.06. The predicted octanol–water partition coefficient (Wildman–Crippen LogP) is -0.840. The van der Waals surface area contributed by atoms with E-state index in [1.54, 1.807) is 0 Å². The first-order valence-corrected chi connectivity index (χ1v) is 14.0. The fourth-order valence-corrected chi connectivity index (χ4v) is 3.37. The van der Waals surface area contributed by atoms with Gasteiger partial charge in [-0.3, -0.25) is 33.8 Å². The van der Waals surface area contributed by atoms with Crippen molar-refractivity contribution in [3.63, 3.8) is 0 Å². The lowest BCUT2D eigenvalue weighted by Crippen LogP contribution is -2.51. The highest BCUT2D eigenvalue weighted by Gasteiger charge is 2.02. The maximum atomic E-state index is 10.8. The van der Waals surface area contributed by atoms with Gasteiger partial charge < -0.3 is 9.11 Å². The highest BCUT2D eigenvalue weighted by atomic mass is 79.9. The number of hydrogen-bond donors (Lipinski definition) is 6. The average Bonchev–Trinajstić information content (AvgIpc) is 2.79. The Kier molecular flexibility index (Phi) is 14.9. The summed E-state index contributed by atoms with van der Waals surface area (Å²) in [7, 11) is -9.03. The van der Waals surface area contributed by atoms with Gasteiger partial charge in [0.05, 0.1) is 21.2 Å². The van der Waals surface area contributed by atoms with Crippen LogP contribution in [0.1, 0.15) is 0 Å². The van der Waals surface area contributed by atoms with Gasteiger partial charge in [0.25, 0.3) is 0 Å². The van der Waals surface area contributed by atoms with Crippen molar-refractivity contribution in [2.45, 2.75) is 9.79 Å². The number of nitrogens with two attached hydrogens (primary N) is 6. The van der Waals surface area contributed by atoms with E-state index in [1.165, 1.54) is 24.3 Å². The van der Waals surface area contributed by atoms with E-state index in [0.717, 1.165) is 33.2 Å². The average molecular weight is 696 g/mol. The summed E-state index contributed by atoms with van der Waals surface area (Å²) in [5.41, 5.74) is 18.9. The minimum atomic E-state index is -4.51. The van der Waals surface area contributed by atoms with Gasteiger partial charge in [0, 0.05) is 8.95 Å². The smallest absolute Gasteiger partial charge is 0.336 e. The van der Waals surface area contributed by atoms with E-state index >= 15 is 0 Å². The van der Waals surface area contributed by atoms with Crippen LogP contribution in [0.3, 0.4) is 0 Å². The van der Waals surface area contributed by atoms with Gasteiger partial charge in [-0.15, -0.1) is 0 Å². The molecule has 0 atom stereocenters. The van der Waals surface area contributed by atoms with E-state index in [9.17, 15) is 25.9 Å². The Morgan fingerprint density at radius 1 is 0.579 bits per heavy atom. The van der Waals surface area contributed by atoms with Crippen molar-refractivity contribution in [2.24, 2.45) is 33.2 Å². The van der Waals surface area contributed by atoms with E-state index in [0.29, 0.717) is 11.4 Å². The Morgan fingerprint density at radius 2 is 0.789 bits per heavy atom. The Balaban J connectivity index is 0.000000696. The largest absolute Gasteiger partial charge is 0.744 e. The van der Waals surface area contributed by atoms with Crippen molar-refractivity contribution in [1.29, 1.82) is 0 Å². The Hall–Kier alpha value is -3.42. The lowest BCUT2D eigenvalue weighted by molar-refractivity contribution is -0.117. The van der Waals surface area contributed by atoms with Crippen LogP contribution in [0, 0.1) is 0 Å².